The Morgan fingerprint density at radius 1 is 0.767 bits per heavy atom. The van der Waals surface area contributed by atoms with Crippen LogP contribution in [0.5, 0.6) is 0 Å². The van der Waals surface area contributed by atoms with Crippen LogP contribution in [0.15, 0.2) is 12.2 Å². The molecule has 0 saturated carbocycles. The van der Waals surface area contributed by atoms with E-state index in [1.165, 1.54) is 0 Å². The van der Waals surface area contributed by atoms with Gasteiger partial charge in [0.05, 0.1) is 6.61 Å². The molecule has 0 aliphatic carbocycles. The van der Waals surface area contributed by atoms with Crippen molar-refractivity contribution in [2.45, 2.75) is 73.0 Å². The van der Waals surface area contributed by atoms with Crippen LogP contribution in [0.4, 0.5) is 0 Å². The van der Waals surface area contributed by atoms with Crippen LogP contribution >= 0.6 is 12.6 Å². The van der Waals surface area contributed by atoms with Crippen LogP contribution in [0.2, 0.25) is 18.6 Å². The summed E-state index contributed by atoms with van der Waals surface area (Å²) >= 11 is 4.19. The van der Waals surface area contributed by atoms with Crippen molar-refractivity contribution < 1.29 is 26.9 Å². The Morgan fingerprint density at radius 2 is 1.23 bits per heavy atom. The third-order valence-electron chi connectivity index (χ3n) is 3.90. The summed E-state index contributed by atoms with van der Waals surface area (Å²) in [6.07, 6.45) is 1.98. The molecule has 0 aromatic rings. The molecule has 6 nitrogen and oxygen atoms in total. The van der Waals surface area contributed by atoms with Crippen molar-refractivity contribution in [3.8, 4) is 0 Å². The first-order valence-corrected chi connectivity index (χ1v) is 16.4. The minimum Gasteiger partial charge on any atom is -0.395 e. The summed E-state index contributed by atoms with van der Waals surface area (Å²) in [4.78, 5) is 0. The molecule has 0 radical (unpaired) electrons. The van der Waals surface area contributed by atoms with Gasteiger partial charge in [0.25, 0.3) is 0 Å². The van der Waals surface area contributed by atoms with E-state index in [4.69, 9.17) is 26.9 Å². The smallest absolute Gasteiger partial charge is 0.395 e. The highest BCUT2D eigenvalue weighted by Crippen LogP contribution is 2.18. The standard InChI is InChI=1S/C12H26O3Si.C9H22O3SSi/c1-6-14-16(5,15-7-2)10-8-9-13-11-12(3)4;1-4-10-14(11-5-2,12-6-3)9-7-8-13/h3,6-11H2,1-2,4-5H3;13H,4-9H2,1-3H3. The topological polar surface area (TPSA) is 55.4 Å². The van der Waals surface area contributed by atoms with E-state index in [2.05, 4.69) is 25.8 Å². The zero-order valence-electron chi connectivity index (χ0n) is 20.6. The average molecular weight is 485 g/mol. The highest BCUT2D eigenvalue weighted by atomic mass is 32.1. The highest BCUT2D eigenvalue weighted by Gasteiger charge is 2.39. The summed E-state index contributed by atoms with van der Waals surface area (Å²) in [5.41, 5.74) is 1.06. The molecule has 0 bridgehead atoms. The first kappa shape index (κ1) is 32.5. The molecular weight excluding hydrogens is 436 g/mol. The van der Waals surface area contributed by atoms with Gasteiger partial charge in [-0.25, -0.2) is 0 Å². The summed E-state index contributed by atoms with van der Waals surface area (Å²) in [7, 11) is -4.29. The molecule has 182 valence electrons. The fraction of sp³-hybridized carbons (Fsp3) is 0.905. The number of thiol groups is 1. The van der Waals surface area contributed by atoms with Crippen molar-refractivity contribution in [2.24, 2.45) is 0 Å². The van der Waals surface area contributed by atoms with Gasteiger partial charge >= 0.3 is 17.4 Å². The molecular formula is C21H48O6SSi2. The van der Waals surface area contributed by atoms with Crippen molar-refractivity contribution in [3.05, 3.63) is 12.2 Å². The van der Waals surface area contributed by atoms with E-state index in [-0.39, 0.29) is 0 Å². The molecule has 0 unspecified atom stereocenters. The molecule has 0 fully saturated rings. The Labute approximate surface area is 194 Å². The van der Waals surface area contributed by atoms with Gasteiger partial charge in [-0.05, 0) is 72.7 Å². The molecule has 0 spiro atoms. The van der Waals surface area contributed by atoms with E-state index >= 15 is 0 Å². The van der Waals surface area contributed by atoms with Gasteiger partial charge < -0.3 is 26.9 Å². The van der Waals surface area contributed by atoms with Crippen LogP contribution < -0.4 is 0 Å². The SMILES string of the molecule is C=C(C)COCCC[Si](C)(OCC)OCC.CCO[Si](CCCS)(OCC)OCC. The summed E-state index contributed by atoms with van der Waals surface area (Å²) in [5, 5.41) is 0. The summed E-state index contributed by atoms with van der Waals surface area (Å²) < 4.78 is 34.0. The van der Waals surface area contributed by atoms with Crippen molar-refractivity contribution in [3.63, 3.8) is 0 Å². The van der Waals surface area contributed by atoms with Gasteiger partial charge in [-0.15, -0.1) is 0 Å². The Bertz CT molecular complexity index is 379. The molecule has 30 heavy (non-hydrogen) atoms. The van der Waals surface area contributed by atoms with E-state index < -0.39 is 17.4 Å². The first-order chi connectivity index (χ1) is 14.3. The molecule has 0 aliphatic rings. The van der Waals surface area contributed by atoms with Crippen molar-refractivity contribution in [1.82, 2.24) is 0 Å². The Balaban J connectivity index is 0. The monoisotopic (exact) mass is 484 g/mol. The first-order valence-electron chi connectivity index (χ1n) is 11.3. The number of rotatable bonds is 19. The fourth-order valence-corrected chi connectivity index (χ4v) is 8.28. The lowest BCUT2D eigenvalue weighted by molar-refractivity contribution is 0.0712. The molecule has 0 saturated heterocycles. The van der Waals surface area contributed by atoms with Crippen LogP contribution in [-0.4, -0.2) is 69.4 Å². The van der Waals surface area contributed by atoms with Gasteiger partial charge in [-0.2, -0.15) is 12.6 Å². The average Bonchev–Trinajstić information content (AvgIpc) is 2.67. The molecule has 0 rings (SSSR count). The lowest BCUT2D eigenvalue weighted by atomic mass is 10.4. The maximum absolute atomic E-state index is 5.74. The van der Waals surface area contributed by atoms with Gasteiger partial charge in [-0.3, -0.25) is 0 Å². The van der Waals surface area contributed by atoms with Gasteiger partial charge in [0.1, 0.15) is 0 Å². The van der Waals surface area contributed by atoms with Gasteiger partial charge in [0, 0.05) is 45.7 Å². The molecule has 0 aromatic heterocycles. The Hall–Kier alpha value is 0.284. The van der Waals surface area contributed by atoms with Crippen LogP contribution in [0.3, 0.4) is 0 Å². The maximum atomic E-state index is 5.74. The van der Waals surface area contributed by atoms with E-state index in [1.54, 1.807) is 0 Å². The minimum atomic E-state index is -2.37. The third-order valence-corrected chi connectivity index (χ3v) is 10.4. The van der Waals surface area contributed by atoms with Crippen molar-refractivity contribution >= 4 is 30.0 Å². The molecule has 0 atom stereocenters. The molecule has 0 aliphatic heterocycles. The molecule has 0 N–H and O–H groups in total. The lowest BCUT2D eigenvalue weighted by Gasteiger charge is -2.28. The van der Waals surface area contributed by atoms with E-state index in [1.807, 2.05) is 41.5 Å². The summed E-state index contributed by atoms with van der Waals surface area (Å²) in [6.45, 7) is 22.7. The Morgan fingerprint density at radius 3 is 1.60 bits per heavy atom. The molecule has 0 heterocycles. The number of hydrogen-bond donors (Lipinski definition) is 1. The summed E-state index contributed by atoms with van der Waals surface area (Å²) in [6, 6.07) is 1.86. The second-order valence-corrected chi connectivity index (χ2v) is 13.4. The summed E-state index contributed by atoms with van der Waals surface area (Å²) in [5.74, 6) is 0.849. The van der Waals surface area contributed by atoms with E-state index in [0.29, 0.717) is 26.4 Å². The van der Waals surface area contributed by atoms with Crippen molar-refractivity contribution in [1.29, 1.82) is 0 Å². The molecule has 9 heteroatoms. The fourth-order valence-electron chi connectivity index (χ4n) is 2.84. The quantitative estimate of drug-likeness (QED) is 0.114. The predicted octanol–water partition coefficient (Wildman–Crippen LogP) is 5.47. The third kappa shape index (κ3) is 17.9. The van der Waals surface area contributed by atoms with Crippen LogP contribution in [0.1, 0.15) is 54.4 Å². The predicted molar refractivity (Wildman–Crippen MR) is 134 cm³/mol. The Kier molecular flexibility index (Phi) is 22.9. The van der Waals surface area contributed by atoms with E-state index in [9.17, 15) is 0 Å². The number of ether oxygens (including phenoxy) is 1. The minimum absolute atomic E-state index is 0.652. The van der Waals surface area contributed by atoms with E-state index in [0.717, 1.165) is 56.1 Å². The number of hydrogen-bond acceptors (Lipinski definition) is 7. The highest BCUT2D eigenvalue weighted by molar-refractivity contribution is 7.80. The second-order valence-electron chi connectivity index (χ2n) is 6.92. The lowest BCUT2D eigenvalue weighted by Crippen LogP contribution is -2.46. The molecule has 0 aromatic carbocycles. The normalized spacial score (nSPS) is 11.9. The van der Waals surface area contributed by atoms with Crippen LogP contribution in [0, 0.1) is 0 Å². The van der Waals surface area contributed by atoms with Crippen LogP contribution in [-0.2, 0) is 26.9 Å². The maximum Gasteiger partial charge on any atom is 0.500 e. The zero-order chi connectivity index (χ0) is 23.3. The van der Waals surface area contributed by atoms with Crippen molar-refractivity contribution in [2.75, 3.05) is 52.0 Å². The van der Waals surface area contributed by atoms with Gasteiger partial charge in [0.15, 0.2) is 0 Å². The molecule has 0 amide bonds. The second kappa shape index (κ2) is 21.1. The zero-order valence-corrected chi connectivity index (χ0v) is 23.5. The van der Waals surface area contributed by atoms with Crippen LogP contribution in [0.25, 0.3) is 0 Å². The largest absolute Gasteiger partial charge is 0.500 e. The van der Waals surface area contributed by atoms with Gasteiger partial charge in [0.2, 0.25) is 0 Å². The van der Waals surface area contributed by atoms with Gasteiger partial charge in [-0.1, -0.05) is 12.2 Å².